The molecule has 0 unspecified atom stereocenters. The molecule has 0 spiro atoms. The van der Waals surface area contributed by atoms with E-state index in [1.807, 2.05) is 36.4 Å². The Morgan fingerprint density at radius 1 is 0.743 bits per heavy atom. The van der Waals surface area contributed by atoms with Crippen LogP contribution in [0.3, 0.4) is 0 Å². The number of hydrogen-bond donors (Lipinski definition) is 1. The number of unbranched alkanes of at least 4 members (excludes halogenated alkanes) is 7. The molecule has 1 N–H and O–H groups in total. The number of anilines is 1. The van der Waals surface area contributed by atoms with Crippen molar-refractivity contribution in [1.82, 2.24) is 10.2 Å². The summed E-state index contributed by atoms with van der Waals surface area (Å²) in [6.07, 6.45) is 10.8. The van der Waals surface area contributed by atoms with Crippen LogP contribution < -0.4 is 14.8 Å². The molecule has 0 saturated carbocycles. The summed E-state index contributed by atoms with van der Waals surface area (Å²) in [7, 11) is 0. The van der Waals surface area contributed by atoms with Gasteiger partial charge in [-0.2, -0.15) is 0 Å². The lowest BCUT2D eigenvalue weighted by Gasteiger charge is -2.07. The normalized spacial score (nSPS) is 10.8. The maximum Gasteiger partial charge on any atom is 0.257 e. The van der Waals surface area contributed by atoms with E-state index >= 15 is 0 Å². The van der Waals surface area contributed by atoms with E-state index in [-0.39, 0.29) is 5.91 Å². The molecule has 188 valence electrons. The smallest absolute Gasteiger partial charge is 0.257 e. The maximum absolute atomic E-state index is 12.6. The van der Waals surface area contributed by atoms with E-state index in [2.05, 4.69) is 29.4 Å². The summed E-state index contributed by atoms with van der Waals surface area (Å²) in [4.78, 5) is 12.6. The third-order valence-corrected chi connectivity index (χ3v) is 6.53. The van der Waals surface area contributed by atoms with E-state index in [0.29, 0.717) is 17.3 Å². The van der Waals surface area contributed by atoms with Gasteiger partial charge < -0.3 is 9.47 Å². The van der Waals surface area contributed by atoms with Crippen LogP contribution in [0.2, 0.25) is 0 Å². The molecule has 0 atom stereocenters. The maximum atomic E-state index is 12.6. The quantitative estimate of drug-likeness (QED) is 0.206. The third kappa shape index (κ3) is 9.32. The van der Waals surface area contributed by atoms with Gasteiger partial charge in [-0.3, -0.25) is 10.1 Å². The summed E-state index contributed by atoms with van der Waals surface area (Å²) in [5.74, 6) is 1.42. The van der Waals surface area contributed by atoms with E-state index in [9.17, 15) is 4.79 Å². The highest BCUT2D eigenvalue weighted by Crippen LogP contribution is 2.28. The zero-order chi connectivity index (χ0) is 24.7. The lowest BCUT2D eigenvalue weighted by molar-refractivity contribution is 0.102. The Hall–Kier alpha value is -2.93. The van der Waals surface area contributed by atoms with Crippen LogP contribution >= 0.6 is 11.3 Å². The van der Waals surface area contributed by atoms with Crippen molar-refractivity contribution in [2.45, 2.75) is 71.6 Å². The first kappa shape index (κ1) is 26.7. The molecule has 1 aromatic heterocycles. The molecule has 35 heavy (non-hydrogen) atoms. The number of carbonyl (C=O) groups excluding carboxylic acids is 1. The van der Waals surface area contributed by atoms with Crippen molar-refractivity contribution in [2.75, 3.05) is 18.5 Å². The molecule has 0 saturated heterocycles. The molecule has 0 aliphatic carbocycles. The fourth-order valence-electron chi connectivity index (χ4n) is 3.57. The van der Waals surface area contributed by atoms with Crippen LogP contribution in [0.15, 0.2) is 48.5 Å². The molecule has 3 rings (SSSR count). The minimum Gasteiger partial charge on any atom is -0.494 e. The molecule has 6 nitrogen and oxygen atoms in total. The second-order valence-corrected chi connectivity index (χ2v) is 9.56. The van der Waals surface area contributed by atoms with Gasteiger partial charge >= 0.3 is 0 Å². The van der Waals surface area contributed by atoms with Crippen molar-refractivity contribution in [2.24, 2.45) is 0 Å². The Bertz CT molecular complexity index is 1000. The second-order valence-electron chi connectivity index (χ2n) is 8.59. The fourth-order valence-corrected chi connectivity index (χ4v) is 4.31. The highest BCUT2D eigenvalue weighted by atomic mass is 32.1. The first-order valence-electron chi connectivity index (χ1n) is 12.8. The number of amides is 1. The van der Waals surface area contributed by atoms with Crippen molar-refractivity contribution in [3.05, 3.63) is 54.1 Å². The van der Waals surface area contributed by atoms with Crippen LogP contribution in [0.5, 0.6) is 11.5 Å². The van der Waals surface area contributed by atoms with E-state index in [4.69, 9.17) is 9.47 Å². The number of ether oxygens (including phenoxy) is 2. The van der Waals surface area contributed by atoms with Gasteiger partial charge in [0, 0.05) is 11.1 Å². The summed E-state index contributed by atoms with van der Waals surface area (Å²) in [5.41, 5.74) is 1.49. The first-order valence-corrected chi connectivity index (χ1v) is 13.6. The van der Waals surface area contributed by atoms with Crippen molar-refractivity contribution in [3.63, 3.8) is 0 Å². The standard InChI is InChI=1S/C28H37N3O3S/c1-3-5-7-8-9-11-21-34-24-16-12-22(13-17-24)26(32)29-28-31-30-27(35-28)23-14-18-25(19-15-23)33-20-10-6-4-2/h12-19H,3-11,20-21H2,1-2H3,(H,29,31,32). The minimum absolute atomic E-state index is 0.217. The Morgan fingerprint density at radius 3 is 1.94 bits per heavy atom. The fraction of sp³-hybridized carbons (Fsp3) is 0.464. The van der Waals surface area contributed by atoms with Crippen LogP contribution in [-0.4, -0.2) is 29.3 Å². The van der Waals surface area contributed by atoms with Crippen molar-refractivity contribution < 1.29 is 14.3 Å². The van der Waals surface area contributed by atoms with Gasteiger partial charge in [-0.15, -0.1) is 10.2 Å². The number of hydrogen-bond acceptors (Lipinski definition) is 6. The summed E-state index contributed by atoms with van der Waals surface area (Å²) in [6.45, 7) is 5.84. The van der Waals surface area contributed by atoms with E-state index in [0.717, 1.165) is 41.5 Å². The van der Waals surface area contributed by atoms with Crippen LogP contribution in [0.4, 0.5) is 5.13 Å². The van der Waals surface area contributed by atoms with Gasteiger partial charge in [0.2, 0.25) is 5.13 Å². The average Bonchev–Trinajstić information content (AvgIpc) is 3.35. The van der Waals surface area contributed by atoms with Crippen molar-refractivity contribution in [1.29, 1.82) is 0 Å². The topological polar surface area (TPSA) is 73.3 Å². The highest BCUT2D eigenvalue weighted by Gasteiger charge is 2.12. The van der Waals surface area contributed by atoms with Gasteiger partial charge in [-0.05, 0) is 61.4 Å². The van der Waals surface area contributed by atoms with Crippen LogP contribution in [0, 0.1) is 0 Å². The summed E-state index contributed by atoms with van der Waals surface area (Å²) in [5, 5.41) is 12.4. The number of benzene rings is 2. The molecule has 0 bridgehead atoms. The van der Waals surface area contributed by atoms with Gasteiger partial charge in [0.05, 0.1) is 13.2 Å². The van der Waals surface area contributed by atoms with Gasteiger partial charge in [-0.1, -0.05) is 70.1 Å². The summed E-state index contributed by atoms with van der Waals surface area (Å²) in [6, 6.07) is 15.0. The molecule has 1 heterocycles. The molecule has 7 heteroatoms. The Balaban J connectivity index is 1.44. The van der Waals surface area contributed by atoms with E-state index < -0.39 is 0 Å². The SMILES string of the molecule is CCCCCCCCOc1ccc(C(=O)Nc2nnc(-c3ccc(OCCCCC)cc3)s2)cc1. The highest BCUT2D eigenvalue weighted by molar-refractivity contribution is 7.18. The Kier molecular flexibility index (Phi) is 11.5. The number of nitrogens with zero attached hydrogens (tertiary/aromatic N) is 2. The van der Waals surface area contributed by atoms with Gasteiger partial charge in [-0.25, -0.2) is 0 Å². The summed E-state index contributed by atoms with van der Waals surface area (Å²) < 4.78 is 11.6. The second kappa shape index (κ2) is 15.1. The number of rotatable bonds is 16. The summed E-state index contributed by atoms with van der Waals surface area (Å²) >= 11 is 1.34. The van der Waals surface area contributed by atoms with Crippen molar-refractivity contribution in [3.8, 4) is 22.1 Å². The molecule has 2 aromatic carbocycles. The van der Waals surface area contributed by atoms with E-state index in [1.54, 1.807) is 12.1 Å². The number of carbonyl (C=O) groups is 1. The minimum atomic E-state index is -0.217. The van der Waals surface area contributed by atoms with Crippen molar-refractivity contribution >= 4 is 22.4 Å². The third-order valence-electron chi connectivity index (χ3n) is 5.65. The zero-order valence-electron chi connectivity index (χ0n) is 20.9. The molecule has 0 aliphatic rings. The molecular formula is C28H37N3O3S. The Labute approximate surface area is 213 Å². The predicted molar refractivity (Wildman–Crippen MR) is 144 cm³/mol. The number of nitrogens with one attached hydrogen (secondary N) is 1. The van der Waals surface area contributed by atoms with Crippen LogP contribution in [0.25, 0.3) is 10.6 Å². The molecule has 3 aromatic rings. The lowest BCUT2D eigenvalue weighted by Crippen LogP contribution is -2.11. The van der Waals surface area contributed by atoms with Gasteiger partial charge in [0.25, 0.3) is 5.91 Å². The lowest BCUT2D eigenvalue weighted by atomic mass is 10.1. The Morgan fingerprint density at radius 2 is 1.29 bits per heavy atom. The molecule has 0 aliphatic heterocycles. The van der Waals surface area contributed by atoms with E-state index in [1.165, 1.54) is 56.3 Å². The molecule has 0 radical (unpaired) electrons. The predicted octanol–water partition coefficient (Wildman–Crippen LogP) is 7.77. The molecule has 0 fully saturated rings. The van der Waals surface area contributed by atoms with Crippen LogP contribution in [-0.2, 0) is 0 Å². The van der Waals surface area contributed by atoms with Crippen LogP contribution in [0.1, 0.15) is 82.0 Å². The molecule has 1 amide bonds. The number of aromatic nitrogens is 2. The average molecular weight is 496 g/mol. The zero-order valence-corrected chi connectivity index (χ0v) is 21.7. The largest absolute Gasteiger partial charge is 0.494 e. The monoisotopic (exact) mass is 495 g/mol. The first-order chi connectivity index (χ1) is 17.2. The molecular weight excluding hydrogens is 458 g/mol. The van der Waals surface area contributed by atoms with Gasteiger partial charge in [0.1, 0.15) is 16.5 Å². The van der Waals surface area contributed by atoms with Gasteiger partial charge in [0.15, 0.2) is 0 Å².